The summed E-state index contributed by atoms with van der Waals surface area (Å²) in [5, 5.41) is 0. The van der Waals surface area contributed by atoms with Gasteiger partial charge in [0.1, 0.15) is 0 Å². The zero-order chi connectivity index (χ0) is 16.0. The van der Waals surface area contributed by atoms with Crippen molar-refractivity contribution < 1.29 is 31.4 Å². The largest absolute Gasteiger partial charge is 0.493 e. The van der Waals surface area contributed by atoms with Crippen molar-refractivity contribution in [1.82, 2.24) is 0 Å². The molecule has 0 bridgehead atoms. The number of ether oxygens (including phenoxy) is 2. The van der Waals surface area contributed by atoms with Gasteiger partial charge in [0.25, 0.3) is 0 Å². The molecule has 1 heterocycles. The van der Waals surface area contributed by atoms with Gasteiger partial charge in [-0.1, -0.05) is 13.0 Å². The molecule has 0 aromatic heterocycles. The summed E-state index contributed by atoms with van der Waals surface area (Å²) >= 11 is 0. The molecule has 0 spiro atoms. The van der Waals surface area contributed by atoms with Gasteiger partial charge >= 0.3 is 6.18 Å². The van der Waals surface area contributed by atoms with Crippen LogP contribution in [0.4, 0.5) is 22.0 Å². The molecule has 7 heteroatoms. The van der Waals surface area contributed by atoms with Gasteiger partial charge in [0.05, 0.1) is 13.7 Å². The van der Waals surface area contributed by atoms with Crippen molar-refractivity contribution in [3.05, 3.63) is 29.3 Å². The molecule has 0 aliphatic carbocycles. The Morgan fingerprint density at radius 2 is 1.90 bits per heavy atom. The van der Waals surface area contributed by atoms with Crippen LogP contribution in [0.15, 0.2) is 12.1 Å². The van der Waals surface area contributed by atoms with E-state index in [0.717, 1.165) is 20.1 Å². The van der Waals surface area contributed by atoms with Crippen LogP contribution in [0.25, 0.3) is 0 Å². The van der Waals surface area contributed by atoms with E-state index in [1.54, 1.807) is 0 Å². The van der Waals surface area contributed by atoms with Gasteiger partial charge in [-0.25, -0.2) is 4.39 Å². The maximum atomic E-state index is 13.7. The first kappa shape index (κ1) is 16.0. The highest BCUT2D eigenvalue weighted by Crippen LogP contribution is 2.51. The summed E-state index contributed by atoms with van der Waals surface area (Å²) in [4.78, 5) is 0. The third-order valence-corrected chi connectivity index (χ3v) is 4.28. The van der Waals surface area contributed by atoms with Gasteiger partial charge in [0, 0.05) is 17.4 Å². The molecule has 21 heavy (non-hydrogen) atoms. The lowest BCUT2D eigenvalue weighted by atomic mass is 9.79. The highest BCUT2D eigenvalue weighted by Gasteiger charge is 2.61. The summed E-state index contributed by atoms with van der Waals surface area (Å²) < 4.78 is 76.0. The molecule has 118 valence electrons. The molecule has 1 aliphatic heterocycles. The summed E-state index contributed by atoms with van der Waals surface area (Å²) in [5.41, 5.74) is -2.15. The Hall–Kier alpha value is -1.37. The maximum absolute atomic E-state index is 13.7. The highest BCUT2D eigenvalue weighted by molar-refractivity contribution is 5.40. The number of hydrogen-bond acceptors (Lipinski definition) is 2. The van der Waals surface area contributed by atoms with Crippen molar-refractivity contribution in [2.24, 2.45) is 5.92 Å². The Labute approximate surface area is 118 Å². The number of halogens is 5. The Bertz CT molecular complexity index is 543. The SMILES string of the molecule is COc1c([C@H]2CO[C@](C)(C(F)(F)F)[C@H]2C)ccc(F)c1F. The lowest BCUT2D eigenvalue weighted by Crippen LogP contribution is -2.46. The van der Waals surface area contributed by atoms with Gasteiger partial charge < -0.3 is 9.47 Å². The molecule has 1 aromatic rings. The molecule has 0 saturated carbocycles. The molecule has 0 unspecified atom stereocenters. The Morgan fingerprint density at radius 3 is 2.38 bits per heavy atom. The van der Waals surface area contributed by atoms with Gasteiger partial charge in [-0.05, 0) is 13.0 Å². The quantitative estimate of drug-likeness (QED) is 0.767. The maximum Gasteiger partial charge on any atom is 0.417 e. The van der Waals surface area contributed by atoms with Gasteiger partial charge in [-0.2, -0.15) is 17.6 Å². The molecule has 1 saturated heterocycles. The van der Waals surface area contributed by atoms with Gasteiger partial charge in [-0.15, -0.1) is 0 Å². The second kappa shape index (κ2) is 5.12. The van der Waals surface area contributed by atoms with E-state index in [1.807, 2.05) is 0 Å². The van der Waals surface area contributed by atoms with E-state index in [-0.39, 0.29) is 17.9 Å². The van der Waals surface area contributed by atoms with Crippen molar-refractivity contribution in [2.45, 2.75) is 31.5 Å². The third kappa shape index (κ3) is 2.37. The van der Waals surface area contributed by atoms with E-state index in [0.29, 0.717) is 0 Å². The van der Waals surface area contributed by atoms with Crippen molar-refractivity contribution in [3.8, 4) is 5.75 Å². The highest BCUT2D eigenvalue weighted by atomic mass is 19.4. The average Bonchev–Trinajstić information content (AvgIpc) is 2.70. The molecule has 2 nitrogen and oxygen atoms in total. The minimum absolute atomic E-state index is 0.178. The smallest absolute Gasteiger partial charge is 0.417 e. The minimum Gasteiger partial charge on any atom is -0.493 e. The van der Waals surface area contributed by atoms with Crippen molar-refractivity contribution in [1.29, 1.82) is 0 Å². The van der Waals surface area contributed by atoms with Crippen LogP contribution in [0, 0.1) is 17.6 Å². The lowest BCUT2D eigenvalue weighted by Gasteiger charge is -2.32. The number of methoxy groups -OCH3 is 1. The molecule has 1 fully saturated rings. The minimum atomic E-state index is -4.55. The third-order valence-electron chi connectivity index (χ3n) is 4.28. The van der Waals surface area contributed by atoms with Crippen molar-refractivity contribution in [3.63, 3.8) is 0 Å². The van der Waals surface area contributed by atoms with E-state index in [4.69, 9.17) is 9.47 Å². The first-order valence-corrected chi connectivity index (χ1v) is 6.36. The number of rotatable bonds is 2. The van der Waals surface area contributed by atoms with Crippen molar-refractivity contribution in [2.75, 3.05) is 13.7 Å². The van der Waals surface area contributed by atoms with Crippen LogP contribution in [0.5, 0.6) is 5.75 Å². The first-order valence-electron chi connectivity index (χ1n) is 6.36. The van der Waals surface area contributed by atoms with Crippen LogP contribution in [-0.4, -0.2) is 25.5 Å². The Kier molecular flexibility index (Phi) is 3.90. The van der Waals surface area contributed by atoms with Crippen LogP contribution in [-0.2, 0) is 4.74 Å². The van der Waals surface area contributed by atoms with Crippen LogP contribution >= 0.6 is 0 Å². The van der Waals surface area contributed by atoms with Gasteiger partial charge in [0.15, 0.2) is 17.2 Å². The molecular formula is C14H15F5O2. The predicted octanol–water partition coefficient (Wildman–Crippen LogP) is 4.04. The standard InChI is InChI=1S/C14H15F5O2/c1-7-9(6-21-13(7,2)14(17,18)19)8-4-5-10(15)11(16)12(8)20-3/h4-5,7,9H,6H2,1-3H3/t7-,9-,13-/m0/s1. The molecule has 0 radical (unpaired) electrons. The molecule has 2 rings (SSSR count). The van der Waals surface area contributed by atoms with E-state index in [9.17, 15) is 22.0 Å². The fourth-order valence-electron chi connectivity index (χ4n) is 2.67. The fraction of sp³-hybridized carbons (Fsp3) is 0.571. The van der Waals surface area contributed by atoms with Crippen LogP contribution in [0.2, 0.25) is 0 Å². The summed E-state index contributed by atoms with van der Waals surface area (Å²) in [6.07, 6.45) is -4.55. The van der Waals surface area contributed by atoms with E-state index < -0.39 is 35.2 Å². The van der Waals surface area contributed by atoms with Crippen LogP contribution in [0.1, 0.15) is 25.3 Å². The van der Waals surface area contributed by atoms with E-state index in [1.165, 1.54) is 13.0 Å². The number of benzene rings is 1. The molecule has 1 aliphatic rings. The van der Waals surface area contributed by atoms with Gasteiger partial charge in [-0.3, -0.25) is 0 Å². The zero-order valence-electron chi connectivity index (χ0n) is 11.7. The molecule has 0 amide bonds. The predicted molar refractivity (Wildman–Crippen MR) is 65.2 cm³/mol. The second-order valence-corrected chi connectivity index (χ2v) is 5.29. The zero-order valence-corrected chi connectivity index (χ0v) is 11.7. The second-order valence-electron chi connectivity index (χ2n) is 5.29. The molecule has 3 atom stereocenters. The Morgan fingerprint density at radius 1 is 1.29 bits per heavy atom. The average molecular weight is 310 g/mol. The molecule has 1 aromatic carbocycles. The summed E-state index contributed by atoms with van der Waals surface area (Å²) in [6.45, 7) is 2.11. The summed E-state index contributed by atoms with van der Waals surface area (Å²) in [6, 6.07) is 2.12. The topological polar surface area (TPSA) is 18.5 Å². The van der Waals surface area contributed by atoms with Gasteiger partial charge in [0.2, 0.25) is 5.82 Å². The van der Waals surface area contributed by atoms with Crippen LogP contribution in [0.3, 0.4) is 0 Å². The number of alkyl halides is 3. The monoisotopic (exact) mass is 310 g/mol. The van der Waals surface area contributed by atoms with Crippen LogP contribution < -0.4 is 4.74 Å². The van der Waals surface area contributed by atoms with E-state index in [2.05, 4.69) is 0 Å². The normalized spacial score (nSPS) is 29.7. The Balaban J connectivity index is 2.44. The number of hydrogen-bond donors (Lipinski definition) is 0. The molecule has 0 N–H and O–H groups in total. The molecular weight excluding hydrogens is 295 g/mol. The lowest BCUT2D eigenvalue weighted by molar-refractivity contribution is -0.266. The fourth-order valence-corrected chi connectivity index (χ4v) is 2.67. The summed E-state index contributed by atoms with van der Waals surface area (Å²) in [5.74, 6) is -4.39. The first-order chi connectivity index (χ1) is 9.63. The van der Waals surface area contributed by atoms with Crippen molar-refractivity contribution >= 4 is 0 Å². The van der Waals surface area contributed by atoms with E-state index >= 15 is 0 Å². The summed E-state index contributed by atoms with van der Waals surface area (Å²) in [7, 11) is 1.14.